The van der Waals surface area contributed by atoms with Crippen LogP contribution in [0.15, 0.2) is 0 Å². The molecule has 3 saturated heterocycles. The van der Waals surface area contributed by atoms with Crippen molar-refractivity contribution in [1.29, 1.82) is 0 Å². The van der Waals surface area contributed by atoms with Crippen LogP contribution in [0.1, 0.15) is 47.0 Å². The Morgan fingerprint density at radius 3 is 2.38 bits per heavy atom. The van der Waals surface area contributed by atoms with Crippen LogP contribution in [0.2, 0.25) is 0 Å². The first-order valence-corrected chi connectivity index (χ1v) is 8.50. The fourth-order valence-corrected chi connectivity index (χ4v) is 4.46. The average Bonchev–Trinajstić information content (AvgIpc) is 3.06. The predicted molar refractivity (Wildman–Crippen MR) is 83.4 cm³/mol. The highest BCUT2D eigenvalue weighted by Crippen LogP contribution is 2.40. The van der Waals surface area contributed by atoms with Crippen LogP contribution in [0.25, 0.3) is 0 Å². The molecule has 0 amide bonds. The molecule has 3 aliphatic rings. The van der Waals surface area contributed by atoms with E-state index in [0.29, 0.717) is 6.04 Å². The molecule has 0 radical (unpaired) electrons. The second-order valence-corrected chi connectivity index (χ2v) is 8.08. The van der Waals surface area contributed by atoms with Crippen molar-refractivity contribution in [3.8, 4) is 0 Å². The standard InChI is InChI=1S/C17H30N2O2/c1-16(2)14(15(20)17(3,4)21-16)12-18-10-7-13(11-18)19-8-5-6-9-19/h13-14H,5-12H2,1-4H3. The molecule has 0 N–H and O–H groups in total. The van der Waals surface area contributed by atoms with Crippen molar-refractivity contribution >= 4 is 5.78 Å². The summed E-state index contributed by atoms with van der Waals surface area (Å²) in [4.78, 5) is 17.7. The Bertz CT molecular complexity index is 413. The Hall–Kier alpha value is -0.450. The van der Waals surface area contributed by atoms with E-state index in [-0.39, 0.29) is 17.3 Å². The predicted octanol–water partition coefficient (Wildman–Crippen LogP) is 1.93. The lowest BCUT2D eigenvalue weighted by Gasteiger charge is -2.29. The molecule has 4 heteroatoms. The topological polar surface area (TPSA) is 32.8 Å². The molecular weight excluding hydrogens is 264 g/mol. The summed E-state index contributed by atoms with van der Waals surface area (Å²) in [6, 6.07) is 0.709. The summed E-state index contributed by atoms with van der Waals surface area (Å²) in [5.74, 6) is 0.280. The van der Waals surface area contributed by atoms with E-state index in [2.05, 4.69) is 23.6 Å². The van der Waals surface area contributed by atoms with Crippen molar-refractivity contribution in [2.45, 2.75) is 64.2 Å². The number of carbonyl (C=O) groups excluding carboxylic acids is 1. The summed E-state index contributed by atoms with van der Waals surface area (Å²) in [5, 5.41) is 0. The normalized spacial score (nSPS) is 36.7. The number of carbonyl (C=O) groups is 1. The minimum Gasteiger partial charge on any atom is -0.361 e. The molecule has 3 aliphatic heterocycles. The number of Topliss-reactive ketones (excluding diaryl/α,β-unsaturated/α-hetero) is 1. The van der Waals surface area contributed by atoms with Crippen molar-refractivity contribution < 1.29 is 9.53 Å². The number of nitrogens with zero attached hydrogens (tertiary/aromatic N) is 2. The van der Waals surface area contributed by atoms with Crippen LogP contribution < -0.4 is 0 Å². The van der Waals surface area contributed by atoms with Crippen molar-refractivity contribution in [1.82, 2.24) is 9.80 Å². The lowest BCUT2D eigenvalue weighted by molar-refractivity contribution is -0.132. The van der Waals surface area contributed by atoms with Gasteiger partial charge in [-0.1, -0.05) is 0 Å². The fourth-order valence-electron chi connectivity index (χ4n) is 4.46. The molecule has 120 valence electrons. The molecule has 0 spiro atoms. The van der Waals surface area contributed by atoms with E-state index in [0.717, 1.165) is 19.6 Å². The van der Waals surface area contributed by atoms with Crippen molar-refractivity contribution in [3.05, 3.63) is 0 Å². The number of ether oxygens (including phenoxy) is 1. The molecule has 0 aliphatic carbocycles. The lowest BCUT2D eigenvalue weighted by atomic mass is 9.85. The first-order chi connectivity index (χ1) is 9.79. The van der Waals surface area contributed by atoms with Crippen LogP contribution in [0, 0.1) is 5.92 Å². The van der Waals surface area contributed by atoms with Gasteiger partial charge in [-0.3, -0.25) is 9.69 Å². The highest BCUT2D eigenvalue weighted by molar-refractivity contribution is 5.91. The van der Waals surface area contributed by atoms with Gasteiger partial charge in [0.25, 0.3) is 0 Å². The second-order valence-electron chi connectivity index (χ2n) is 8.08. The van der Waals surface area contributed by atoms with Crippen LogP contribution in [0.3, 0.4) is 0 Å². The number of rotatable bonds is 3. The quantitative estimate of drug-likeness (QED) is 0.796. The molecule has 3 heterocycles. The summed E-state index contributed by atoms with van der Waals surface area (Å²) < 4.78 is 6.01. The third-order valence-electron chi connectivity index (χ3n) is 5.61. The van der Waals surface area contributed by atoms with Gasteiger partial charge in [0.2, 0.25) is 0 Å². The minimum absolute atomic E-state index is 0.00447. The van der Waals surface area contributed by atoms with E-state index in [4.69, 9.17) is 4.74 Å². The summed E-state index contributed by atoms with van der Waals surface area (Å²) in [6.45, 7) is 13.6. The highest BCUT2D eigenvalue weighted by atomic mass is 16.5. The molecule has 3 fully saturated rings. The third kappa shape index (κ3) is 2.90. The maximum atomic E-state index is 12.6. The molecule has 2 atom stereocenters. The van der Waals surface area contributed by atoms with E-state index >= 15 is 0 Å². The first-order valence-electron chi connectivity index (χ1n) is 8.50. The van der Waals surface area contributed by atoms with Gasteiger partial charge < -0.3 is 9.64 Å². The molecule has 2 unspecified atom stereocenters. The van der Waals surface area contributed by atoms with Crippen molar-refractivity contribution in [2.24, 2.45) is 5.92 Å². The Morgan fingerprint density at radius 1 is 1.14 bits per heavy atom. The zero-order valence-electron chi connectivity index (χ0n) is 14.0. The Labute approximate surface area is 128 Å². The van der Waals surface area contributed by atoms with E-state index in [1.165, 1.54) is 32.4 Å². The van der Waals surface area contributed by atoms with Crippen molar-refractivity contribution in [2.75, 3.05) is 32.7 Å². The molecule has 0 aromatic rings. The van der Waals surface area contributed by atoms with Gasteiger partial charge in [-0.05, 0) is 66.6 Å². The third-order valence-corrected chi connectivity index (χ3v) is 5.61. The van der Waals surface area contributed by atoms with Gasteiger partial charge in [0.1, 0.15) is 5.60 Å². The van der Waals surface area contributed by atoms with Gasteiger partial charge in [0.15, 0.2) is 5.78 Å². The first kappa shape index (κ1) is 15.4. The Morgan fingerprint density at radius 2 is 1.81 bits per heavy atom. The van der Waals surface area contributed by atoms with Crippen LogP contribution in [-0.4, -0.2) is 65.6 Å². The monoisotopic (exact) mass is 294 g/mol. The van der Waals surface area contributed by atoms with Crippen LogP contribution in [-0.2, 0) is 9.53 Å². The molecule has 4 nitrogen and oxygen atoms in total. The molecule has 0 saturated carbocycles. The van der Waals surface area contributed by atoms with Crippen LogP contribution in [0.5, 0.6) is 0 Å². The Kier molecular flexibility index (Phi) is 3.92. The Balaban J connectivity index is 1.61. The van der Waals surface area contributed by atoms with Crippen molar-refractivity contribution in [3.63, 3.8) is 0 Å². The SMILES string of the molecule is CC1(C)OC(C)(C)C(CN2CCC(N3CCCC3)C2)C1=O. The van der Waals surface area contributed by atoms with Crippen LogP contribution in [0.4, 0.5) is 0 Å². The summed E-state index contributed by atoms with van der Waals surface area (Å²) in [6.07, 6.45) is 3.96. The number of hydrogen-bond donors (Lipinski definition) is 0. The highest BCUT2D eigenvalue weighted by Gasteiger charge is 2.53. The maximum absolute atomic E-state index is 12.6. The fraction of sp³-hybridized carbons (Fsp3) is 0.941. The molecule has 0 aromatic carbocycles. The maximum Gasteiger partial charge on any atom is 0.171 e. The lowest BCUT2D eigenvalue weighted by Crippen LogP contribution is -2.42. The summed E-state index contributed by atoms with van der Waals surface area (Å²) in [7, 11) is 0. The van der Waals surface area contributed by atoms with Gasteiger partial charge in [-0.2, -0.15) is 0 Å². The molecule has 21 heavy (non-hydrogen) atoms. The average molecular weight is 294 g/mol. The van der Waals surface area contributed by atoms with Gasteiger partial charge in [-0.15, -0.1) is 0 Å². The van der Waals surface area contributed by atoms with Crippen LogP contribution >= 0.6 is 0 Å². The van der Waals surface area contributed by atoms with E-state index < -0.39 is 5.60 Å². The molecule has 0 bridgehead atoms. The molecular formula is C17H30N2O2. The van der Waals surface area contributed by atoms with E-state index in [9.17, 15) is 4.79 Å². The summed E-state index contributed by atoms with van der Waals surface area (Å²) >= 11 is 0. The van der Waals surface area contributed by atoms with Gasteiger partial charge in [-0.25, -0.2) is 0 Å². The van der Waals surface area contributed by atoms with E-state index in [1.807, 2.05) is 13.8 Å². The van der Waals surface area contributed by atoms with Gasteiger partial charge in [0, 0.05) is 19.1 Å². The smallest absolute Gasteiger partial charge is 0.171 e. The molecule has 3 rings (SSSR count). The minimum atomic E-state index is -0.623. The number of likely N-dealkylation sites (tertiary alicyclic amines) is 2. The number of hydrogen-bond acceptors (Lipinski definition) is 4. The van der Waals surface area contributed by atoms with Gasteiger partial charge >= 0.3 is 0 Å². The largest absolute Gasteiger partial charge is 0.361 e. The van der Waals surface area contributed by atoms with E-state index in [1.54, 1.807) is 0 Å². The summed E-state index contributed by atoms with van der Waals surface area (Å²) in [5.41, 5.74) is -0.964. The second kappa shape index (κ2) is 5.32. The zero-order chi connectivity index (χ0) is 15.3. The van der Waals surface area contributed by atoms with Gasteiger partial charge in [0.05, 0.1) is 11.5 Å². The molecule has 0 aromatic heterocycles. The zero-order valence-corrected chi connectivity index (χ0v) is 14.0. The number of ketones is 1.